The van der Waals surface area contributed by atoms with Crippen LogP contribution in [0.3, 0.4) is 0 Å². The number of nitrogens with one attached hydrogen (secondary N) is 2. The molecule has 1 rings (SSSR count). The summed E-state index contributed by atoms with van der Waals surface area (Å²) in [7, 11) is 0. The van der Waals surface area contributed by atoms with Gasteiger partial charge in [0, 0.05) is 0 Å². The van der Waals surface area contributed by atoms with Gasteiger partial charge in [0.05, 0.1) is 6.04 Å². The van der Waals surface area contributed by atoms with Crippen molar-refractivity contribution in [3.05, 3.63) is 0 Å². The molecule has 0 spiro atoms. The Bertz CT molecular complexity index is 284. The molecule has 5 nitrogen and oxygen atoms in total. The summed E-state index contributed by atoms with van der Waals surface area (Å²) < 4.78 is 0. The topological polar surface area (TPSA) is 70.6 Å². The predicted octanol–water partition coefficient (Wildman–Crippen LogP) is 0.0230. The van der Waals surface area contributed by atoms with Gasteiger partial charge < -0.3 is 0 Å². The quantitative estimate of drug-likeness (QED) is 0.582. The highest BCUT2D eigenvalue weighted by Gasteiger charge is 2.27. The summed E-state index contributed by atoms with van der Waals surface area (Å²) >= 11 is 0. The van der Waals surface area contributed by atoms with Crippen LogP contribution in [0.2, 0.25) is 0 Å². The molecule has 1 saturated heterocycles. The Hall–Kier alpha value is -1.39. The van der Waals surface area contributed by atoms with Crippen molar-refractivity contribution in [1.82, 2.24) is 10.6 Å². The van der Waals surface area contributed by atoms with Crippen molar-refractivity contribution in [2.45, 2.75) is 33.7 Å². The first kappa shape index (κ1) is 10.7. The highest BCUT2D eigenvalue weighted by molar-refractivity contribution is 6.45. The molecule has 0 bridgehead atoms. The minimum absolute atomic E-state index is 0.00501. The first-order chi connectivity index (χ1) is 6.30. The molecule has 1 atom stereocenters. The van der Waals surface area contributed by atoms with Gasteiger partial charge in [0.15, 0.2) is 0 Å². The van der Waals surface area contributed by atoms with Gasteiger partial charge in [-0.05, 0) is 12.3 Å². The van der Waals surface area contributed by atoms with Crippen LogP contribution in [0.15, 0.2) is 4.99 Å². The second-order valence-electron chi connectivity index (χ2n) is 4.43. The van der Waals surface area contributed by atoms with E-state index in [-0.39, 0.29) is 17.4 Å². The molecular formula is C9H15N3O2. The van der Waals surface area contributed by atoms with Crippen LogP contribution in [-0.2, 0) is 9.59 Å². The van der Waals surface area contributed by atoms with E-state index in [1.807, 2.05) is 27.7 Å². The fourth-order valence-corrected chi connectivity index (χ4v) is 0.812. The third-order valence-electron chi connectivity index (χ3n) is 2.25. The minimum atomic E-state index is -0.648. The molecule has 1 aliphatic rings. The maximum Gasteiger partial charge on any atom is 0.316 e. The number of rotatable bonds is 1. The lowest BCUT2D eigenvalue weighted by molar-refractivity contribution is -0.135. The number of nitrogens with zero attached hydrogens (tertiary/aromatic N) is 1. The molecule has 2 N–H and O–H groups in total. The molecule has 0 aliphatic carbocycles. The molecule has 1 aliphatic heterocycles. The second-order valence-corrected chi connectivity index (χ2v) is 4.43. The Balaban J connectivity index is 2.72. The van der Waals surface area contributed by atoms with Gasteiger partial charge in [0.2, 0.25) is 5.96 Å². The van der Waals surface area contributed by atoms with E-state index in [1.165, 1.54) is 0 Å². The Morgan fingerprint density at radius 3 is 1.93 bits per heavy atom. The largest absolute Gasteiger partial charge is 0.316 e. The van der Waals surface area contributed by atoms with Gasteiger partial charge in [-0.25, -0.2) is 4.99 Å². The van der Waals surface area contributed by atoms with Gasteiger partial charge in [0.1, 0.15) is 0 Å². The number of guanidine groups is 1. The SMILES string of the molecule is CC(N=C1NC(=O)C(=O)N1)C(C)(C)C. The van der Waals surface area contributed by atoms with Crippen LogP contribution in [0, 0.1) is 5.41 Å². The number of aliphatic imine (C=N–C) groups is 1. The highest BCUT2D eigenvalue weighted by Crippen LogP contribution is 2.21. The van der Waals surface area contributed by atoms with Gasteiger partial charge in [0.25, 0.3) is 0 Å². The Labute approximate surface area is 83.0 Å². The Morgan fingerprint density at radius 1 is 1.14 bits per heavy atom. The van der Waals surface area contributed by atoms with Gasteiger partial charge in [-0.2, -0.15) is 0 Å². The molecule has 0 aromatic heterocycles. The van der Waals surface area contributed by atoms with E-state index >= 15 is 0 Å². The molecule has 1 fully saturated rings. The van der Waals surface area contributed by atoms with Crippen molar-refractivity contribution in [3.63, 3.8) is 0 Å². The molecule has 0 radical (unpaired) electrons. The van der Waals surface area contributed by atoms with Crippen molar-refractivity contribution in [1.29, 1.82) is 0 Å². The van der Waals surface area contributed by atoms with E-state index < -0.39 is 11.8 Å². The number of carbonyl (C=O) groups is 2. The fraction of sp³-hybridized carbons (Fsp3) is 0.667. The molecular weight excluding hydrogens is 182 g/mol. The number of hydrogen-bond donors (Lipinski definition) is 2. The predicted molar refractivity (Wildman–Crippen MR) is 52.6 cm³/mol. The van der Waals surface area contributed by atoms with Crippen molar-refractivity contribution in [2.24, 2.45) is 10.4 Å². The Kier molecular flexibility index (Phi) is 2.59. The standard InChI is InChI=1S/C9H15N3O2/c1-5(9(2,3)4)10-8-11-6(13)7(14)12-8/h5H,1-4H3,(H2,10,11,12,13,14). The van der Waals surface area contributed by atoms with Crippen molar-refractivity contribution in [3.8, 4) is 0 Å². The molecule has 2 amide bonds. The maximum absolute atomic E-state index is 10.8. The average Bonchev–Trinajstić information content (AvgIpc) is 2.29. The van der Waals surface area contributed by atoms with Gasteiger partial charge in [-0.15, -0.1) is 0 Å². The number of hydrogen-bond acceptors (Lipinski definition) is 3. The molecule has 14 heavy (non-hydrogen) atoms. The lowest BCUT2D eigenvalue weighted by atomic mass is 9.89. The van der Waals surface area contributed by atoms with E-state index in [0.717, 1.165) is 0 Å². The van der Waals surface area contributed by atoms with E-state index in [4.69, 9.17) is 0 Å². The van der Waals surface area contributed by atoms with Crippen molar-refractivity contribution < 1.29 is 9.59 Å². The first-order valence-electron chi connectivity index (χ1n) is 4.51. The minimum Gasteiger partial charge on any atom is -0.288 e. The number of carbonyl (C=O) groups excluding carboxylic acids is 2. The summed E-state index contributed by atoms with van der Waals surface area (Å²) in [5.41, 5.74) is 0.00501. The van der Waals surface area contributed by atoms with Gasteiger partial charge in [-0.3, -0.25) is 20.2 Å². The summed E-state index contributed by atoms with van der Waals surface area (Å²) in [5, 5.41) is 4.71. The second kappa shape index (κ2) is 3.40. The molecule has 0 saturated carbocycles. The molecule has 0 aromatic carbocycles. The summed E-state index contributed by atoms with van der Waals surface area (Å²) in [6, 6.07) is 0.0243. The van der Waals surface area contributed by atoms with Gasteiger partial charge in [-0.1, -0.05) is 20.8 Å². The van der Waals surface area contributed by atoms with E-state index in [2.05, 4.69) is 15.6 Å². The summed E-state index contributed by atoms with van der Waals surface area (Å²) in [4.78, 5) is 25.8. The van der Waals surface area contributed by atoms with Crippen LogP contribution in [0.25, 0.3) is 0 Å². The van der Waals surface area contributed by atoms with Crippen molar-refractivity contribution >= 4 is 17.8 Å². The summed E-state index contributed by atoms with van der Waals surface area (Å²) in [5.74, 6) is -1.04. The summed E-state index contributed by atoms with van der Waals surface area (Å²) in [6.07, 6.45) is 0. The average molecular weight is 197 g/mol. The zero-order valence-electron chi connectivity index (χ0n) is 8.84. The zero-order chi connectivity index (χ0) is 10.9. The smallest absolute Gasteiger partial charge is 0.288 e. The van der Waals surface area contributed by atoms with Crippen LogP contribution < -0.4 is 10.6 Å². The van der Waals surface area contributed by atoms with E-state index in [0.29, 0.717) is 0 Å². The molecule has 78 valence electrons. The molecule has 5 heteroatoms. The van der Waals surface area contributed by atoms with Gasteiger partial charge >= 0.3 is 11.8 Å². The van der Waals surface area contributed by atoms with Crippen LogP contribution in [-0.4, -0.2) is 23.8 Å². The normalized spacial score (nSPS) is 19.0. The van der Waals surface area contributed by atoms with Crippen LogP contribution in [0.4, 0.5) is 0 Å². The fourth-order valence-electron chi connectivity index (χ4n) is 0.812. The zero-order valence-corrected chi connectivity index (χ0v) is 8.84. The third-order valence-corrected chi connectivity index (χ3v) is 2.25. The lowest BCUT2D eigenvalue weighted by Crippen LogP contribution is -2.31. The van der Waals surface area contributed by atoms with Crippen LogP contribution in [0.5, 0.6) is 0 Å². The maximum atomic E-state index is 10.8. The molecule has 0 aromatic rings. The van der Waals surface area contributed by atoms with E-state index in [1.54, 1.807) is 0 Å². The van der Waals surface area contributed by atoms with Crippen molar-refractivity contribution in [2.75, 3.05) is 0 Å². The molecule has 1 heterocycles. The first-order valence-corrected chi connectivity index (χ1v) is 4.51. The van der Waals surface area contributed by atoms with E-state index in [9.17, 15) is 9.59 Å². The highest BCUT2D eigenvalue weighted by atomic mass is 16.2. The lowest BCUT2D eigenvalue weighted by Gasteiger charge is -2.23. The third kappa shape index (κ3) is 2.31. The monoisotopic (exact) mass is 197 g/mol. The van der Waals surface area contributed by atoms with Crippen LogP contribution in [0.1, 0.15) is 27.7 Å². The number of amides is 2. The molecule has 1 unspecified atom stereocenters. The van der Waals surface area contributed by atoms with Crippen LogP contribution >= 0.6 is 0 Å². The summed E-state index contributed by atoms with van der Waals surface area (Å²) in [6.45, 7) is 8.06. The Morgan fingerprint density at radius 2 is 1.57 bits per heavy atom.